The fourth-order valence-electron chi connectivity index (χ4n) is 3.31. The van der Waals surface area contributed by atoms with Crippen molar-refractivity contribution < 1.29 is 44.2 Å². The van der Waals surface area contributed by atoms with Crippen molar-refractivity contribution in [3.05, 3.63) is 58.8 Å². The standard InChI is InChI=1S/C21H18O10/c22-13-11-7-6-10(29-21-17(26)14(23)16(25)19(31-21)20(27)28)8-12(11)30-18(15(13)24)9-4-2-1-3-5-9/h1-8,14,16-17,19,21,23-26H,(H,27,28)/t14-,16-,17+,19-,21?/m0/s1. The summed E-state index contributed by atoms with van der Waals surface area (Å²) in [4.78, 5) is 23.8. The van der Waals surface area contributed by atoms with E-state index in [2.05, 4.69) is 0 Å². The predicted molar refractivity (Wildman–Crippen MR) is 105 cm³/mol. The van der Waals surface area contributed by atoms with E-state index in [1.54, 1.807) is 30.3 Å². The van der Waals surface area contributed by atoms with Crippen LogP contribution in [-0.2, 0) is 9.53 Å². The quantitative estimate of drug-likeness (QED) is 0.392. The molecular weight excluding hydrogens is 412 g/mol. The first-order valence-corrected chi connectivity index (χ1v) is 9.22. The maximum absolute atomic E-state index is 12.5. The molecule has 0 saturated carbocycles. The smallest absolute Gasteiger partial charge is 0.335 e. The van der Waals surface area contributed by atoms with Gasteiger partial charge in [0.25, 0.3) is 0 Å². The molecule has 2 aromatic carbocycles. The molecule has 10 nitrogen and oxygen atoms in total. The summed E-state index contributed by atoms with van der Waals surface area (Å²) in [7, 11) is 0. The summed E-state index contributed by atoms with van der Waals surface area (Å²) in [6, 6.07) is 12.4. The number of carboxylic acids is 1. The van der Waals surface area contributed by atoms with Gasteiger partial charge in [0.05, 0.1) is 5.39 Å². The largest absolute Gasteiger partial charge is 0.502 e. The van der Waals surface area contributed by atoms with Crippen molar-refractivity contribution in [2.45, 2.75) is 30.7 Å². The number of rotatable bonds is 4. The van der Waals surface area contributed by atoms with Crippen LogP contribution < -0.4 is 10.2 Å². The van der Waals surface area contributed by atoms with Gasteiger partial charge in [-0.2, -0.15) is 0 Å². The van der Waals surface area contributed by atoms with Crippen LogP contribution in [0, 0.1) is 0 Å². The third-order valence-electron chi connectivity index (χ3n) is 4.94. The molecule has 1 saturated heterocycles. The van der Waals surface area contributed by atoms with Crippen molar-refractivity contribution in [1.29, 1.82) is 0 Å². The Bertz CT molecular complexity index is 1170. The molecule has 1 aliphatic rings. The number of fused-ring (bicyclic) bond motifs is 1. The Morgan fingerprint density at radius 2 is 1.68 bits per heavy atom. The Morgan fingerprint density at radius 3 is 2.35 bits per heavy atom. The van der Waals surface area contributed by atoms with Gasteiger partial charge in [0.2, 0.25) is 17.5 Å². The number of aliphatic carboxylic acids is 1. The average Bonchev–Trinajstić information content (AvgIpc) is 2.77. The Balaban J connectivity index is 1.70. The van der Waals surface area contributed by atoms with E-state index in [-0.39, 0.29) is 22.5 Å². The van der Waals surface area contributed by atoms with E-state index in [4.69, 9.17) is 19.0 Å². The maximum Gasteiger partial charge on any atom is 0.335 e. The zero-order chi connectivity index (χ0) is 22.3. The molecule has 1 aliphatic heterocycles. The molecule has 31 heavy (non-hydrogen) atoms. The molecule has 3 aromatic rings. The van der Waals surface area contributed by atoms with E-state index in [1.165, 1.54) is 18.2 Å². The van der Waals surface area contributed by atoms with E-state index in [1.807, 2.05) is 0 Å². The fourth-order valence-corrected chi connectivity index (χ4v) is 3.31. The van der Waals surface area contributed by atoms with Crippen LogP contribution in [0.2, 0.25) is 0 Å². The number of benzene rings is 2. The number of aliphatic hydroxyl groups is 3. The van der Waals surface area contributed by atoms with E-state index >= 15 is 0 Å². The molecule has 1 fully saturated rings. The minimum atomic E-state index is -1.85. The van der Waals surface area contributed by atoms with Gasteiger partial charge in [0.15, 0.2) is 11.9 Å². The highest BCUT2D eigenvalue weighted by molar-refractivity contribution is 5.83. The second-order valence-electron chi connectivity index (χ2n) is 6.99. The second-order valence-corrected chi connectivity index (χ2v) is 6.99. The molecule has 10 heteroatoms. The van der Waals surface area contributed by atoms with Crippen molar-refractivity contribution in [3.8, 4) is 22.8 Å². The lowest BCUT2D eigenvalue weighted by Gasteiger charge is -2.38. The molecule has 0 spiro atoms. The lowest BCUT2D eigenvalue weighted by molar-refractivity contribution is -0.271. The molecule has 1 unspecified atom stereocenters. The molecule has 0 bridgehead atoms. The van der Waals surface area contributed by atoms with Gasteiger partial charge in [-0.1, -0.05) is 30.3 Å². The molecule has 4 rings (SSSR count). The highest BCUT2D eigenvalue weighted by Crippen LogP contribution is 2.32. The van der Waals surface area contributed by atoms with Crippen LogP contribution in [0.15, 0.2) is 57.7 Å². The van der Waals surface area contributed by atoms with E-state index in [0.717, 1.165) is 0 Å². The maximum atomic E-state index is 12.5. The lowest BCUT2D eigenvalue weighted by atomic mass is 9.99. The first-order chi connectivity index (χ1) is 14.8. The van der Waals surface area contributed by atoms with Gasteiger partial charge < -0.3 is 39.4 Å². The first kappa shape index (κ1) is 20.8. The van der Waals surface area contributed by atoms with Crippen LogP contribution >= 0.6 is 0 Å². The molecule has 2 heterocycles. The fraction of sp³-hybridized carbons (Fsp3) is 0.238. The highest BCUT2D eigenvalue weighted by atomic mass is 16.7. The summed E-state index contributed by atoms with van der Waals surface area (Å²) in [5.74, 6) is -2.12. The molecule has 5 N–H and O–H groups in total. The summed E-state index contributed by atoms with van der Waals surface area (Å²) in [5.41, 5.74) is -0.136. The molecule has 0 radical (unpaired) electrons. The van der Waals surface area contributed by atoms with Gasteiger partial charge in [-0.15, -0.1) is 0 Å². The lowest BCUT2D eigenvalue weighted by Crippen LogP contribution is -2.61. The normalized spacial score (nSPS) is 26.0. The number of hydrogen-bond donors (Lipinski definition) is 5. The van der Waals surface area contributed by atoms with Crippen LogP contribution in [0.25, 0.3) is 22.3 Å². The van der Waals surface area contributed by atoms with Crippen molar-refractivity contribution in [3.63, 3.8) is 0 Å². The number of carbonyl (C=O) groups is 1. The summed E-state index contributed by atoms with van der Waals surface area (Å²) < 4.78 is 16.2. The van der Waals surface area contributed by atoms with Gasteiger partial charge in [-0.3, -0.25) is 4.79 Å². The molecule has 0 amide bonds. The van der Waals surface area contributed by atoms with Crippen molar-refractivity contribution in [2.24, 2.45) is 0 Å². The summed E-state index contributed by atoms with van der Waals surface area (Å²) in [5, 5.41) is 49.2. The second kappa shape index (κ2) is 8.00. The summed E-state index contributed by atoms with van der Waals surface area (Å²) in [6.07, 6.45) is -8.84. The SMILES string of the molecule is O=C(O)[C@H]1OC(Oc2ccc3c(=O)c(O)c(-c4ccccc4)oc3c2)[C@H](O)[C@@H](O)[C@@H]1O. The Hall–Kier alpha value is -3.44. The number of hydrogen-bond acceptors (Lipinski definition) is 9. The van der Waals surface area contributed by atoms with E-state index < -0.39 is 47.9 Å². The number of aliphatic hydroxyl groups excluding tert-OH is 3. The zero-order valence-electron chi connectivity index (χ0n) is 15.8. The van der Waals surface area contributed by atoms with Crippen molar-refractivity contribution in [1.82, 2.24) is 0 Å². The van der Waals surface area contributed by atoms with E-state index in [9.17, 15) is 30.0 Å². The average molecular weight is 430 g/mol. The van der Waals surface area contributed by atoms with Crippen LogP contribution in [0.5, 0.6) is 11.5 Å². The minimum absolute atomic E-state index is 0.0251. The van der Waals surface area contributed by atoms with Crippen LogP contribution in [0.4, 0.5) is 0 Å². The number of ether oxygens (including phenoxy) is 2. The van der Waals surface area contributed by atoms with Crippen molar-refractivity contribution >= 4 is 16.9 Å². The van der Waals surface area contributed by atoms with Gasteiger partial charge in [-0.25, -0.2) is 4.79 Å². The monoisotopic (exact) mass is 430 g/mol. The molecule has 0 aliphatic carbocycles. The predicted octanol–water partition coefficient (Wildman–Crippen LogP) is 0.437. The third kappa shape index (κ3) is 3.73. The van der Waals surface area contributed by atoms with Crippen LogP contribution in [-0.4, -0.2) is 62.2 Å². The number of carboxylic acid groups (broad SMARTS) is 1. The van der Waals surface area contributed by atoms with Gasteiger partial charge in [0, 0.05) is 11.6 Å². The third-order valence-corrected chi connectivity index (χ3v) is 4.94. The minimum Gasteiger partial charge on any atom is -0.502 e. The molecular formula is C21H18O10. The molecule has 1 aromatic heterocycles. The molecule has 5 atom stereocenters. The molecule has 162 valence electrons. The van der Waals surface area contributed by atoms with Crippen LogP contribution in [0.1, 0.15) is 0 Å². The highest BCUT2D eigenvalue weighted by Gasteiger charge is 2.48. The first-order valence-electron chi connectivity index (χ1n) is 9.22. The van der Waals surface area contributed by atoms with Gasteiger partial charge >= 0.3 is 5.97 Å². The summed E-state index contributed by atoms with van der Waals surface area (Å²) >= 11 is 0. The van der Waals surface area contributed by atoms with Crippen LogP contribution in [0.3, 0.4) is 0 Å². The Kier molecular flexibility index (Phi) is 5.38. The Labute approximate surface area is 174 Å². The van der Waals surface area contributed by atoms with Crippen molar-refractivity contribution in [2.75, 3.05) is 0 Å². The summed E-state index contributed by atoms with van der Waals surface area (Å²) in [6.45, 7) is 0. The zero-order valence-corrected chi connectivity index (χ0v) is 15.8. The Morgan fingerprint density at radius 1 is 0.968 bits per heavy atom. The van der Waals surface area contributed by atoms with Gasteiger partial charge in [-0.05, 0) is 12.1 Å². The topological polar surface area (TPSA) is 167 Å². The van der Waals surface area contributed by atoms with E-state index in [0.29, 0.717) is 5.56 Å². The number of aromatic hydroxyl groups is 1. The van der Waals surface area contributed by atoms with Gasteiger partial charge in [0.1, 0.15) is 29.6 Å².